The number of carbonyl (C=O) groups excluding carboxylic acids is 2. The number of sulfonamides is 1. The summed E-state index contributed by atoms with van der Waals surface area (Å²) in [5.74, 6) is -0.652. The molecule has 0 unspecified atom stereocenters. The van der Waals surface area contributed by atoms with Crippen LogP contribution >= 0.6 is 11.6 Å². The van der Waals surface area contributed by atoms with Gasteiger partial charge in [0, 0.05) is 68.4 Å². The Morgan fingerprint density at radius 1 is 1.12 bits per heavy atom. The Labute approximate surface area is 193 Å². The van der Waals surface area contributed by atoms with Gasteiger partial charge in [-0.05, 0) is 32.0 Å². The van der Waals surface area contributed by atoms with E-state index in [0.717, 1.165) is 5.69 Å². The zero-order valence-corrected chi connectivity index (χ0v) is 19.9. The zero-order valence-electron chi connectivity index (χ0n) is 18.3. The van der Waals surface area contributed by atoms with Crippen LogP contribution in [0.4, 0.5) is 5.69 Å². The summed E-state index contributed by atoms with van der Waals surface area (Å²) >= 11 is 6.11. The van der Waals surface area contributed by atoms with Crippen molar-refractivity contribution >= 4 is 39.2 Å². The number of hydrogen-bond acceptors (Lipinski definition) is 6. The van der Waals surface area contributed by atoms with Crippen molar-refractivity contribution in [2.75, 3.05) is 49.9 Å². The predicted octanol–water partition coefficient (Wildman–Crippen LogP) is 2.05. The van der Waals surface area contributed by atoms with Crippen LogP contribution in [0.5, 0.6) is 0 Å². The average molecular weight is 482 g/mol. The van der Waals surface area contributed by atoms with Crippen LogP contribution in [0.25, 0.3) is 0 Å². The fourth-order valence-electron chi connectivity index (χ4n) is 4.76. The molecular formula is C22H28ClN3O5S. The average Bonchev–Trinajstić information content (AvgIpc) is 3.02. The third-order valence-electron chi connectivity index (χ3n) is 6.67. The Kier molecular flexibility index (Phi) is 6.26. The van der Waals surface area contributed by atoms with E-state index in [1.165, 1.54) is 4.31 Å². The maximum Gasteiger partial charge on any atom is 0.335 e. The van der Waals surface area contributed by atoms with Gasteiger partial charge in [0.1, 0.15) is 5.60 Å². The molecule has 1 spiro atoms. The van der Waals surface area contributed by atoms with Crippen molar-refractivity contribution in [1.29, 1.82) is 0 Å². The second-order valence-electron chi connectivity index (χ2n) is 8.44. The van der Waals surface area contributed by atoms with Gasteiger partial charge in [-0.25, -0.2) is 17.5 Å². The molecule has 1 aromatic rings. The number of nitrogens with zero attached hydrogens (tertiary/aromatic N) is 3. The number of benzene rings is 1. The predicted molar refractivity (Wildman–Crippen MR) is 122 cm³/mol. The highest BCUT2D eigenvalue weighted by Crippen LogP contribution is 2.42. The number of piperidine rings is 1. The van der Waals surface area contributed by atoms with Crippen LogP contribution < -0.4 is 4.90 Å². The van der Waals surface area contributed by atoms with Crippen molar-refractivity contribution < 1.29 is 22.7 Å². The summed E-state index contributed by atoms with van der Waals surface area (Å²) in [6, 6.07) is 7.63. The van der Waals surface area contributed by atoms with E-state index in [2.05, 4.69) is 4.90 Å². The van der Waals surface area contributed by atoms with E-state index < -0.39 is 21.6 Å². The standard InChI is InChI=1S/C22H28ClN3O5S/c1-3-32(29,30)26-9-7-22(8-10-26)19(16(2)21(28)31-22)20(27)25-13-11-24(12-14-25)18-6-4-5-17(23)15-18/h4-6,15H,3,7-14H2,1-2H3. The normalized spacial score (nSPS) is 21.9. The topological polar surface area (TPSA) is 87.2 Å². The molecule has 3 aliphatic heterocycles. The molecule has 4 rings (SSSR count). The maximum atomic E-state index is 13.5. The molecule has 2 fully saturated rings. The highest BCUT2D eigenvalue weighted by atomic mass is 35.5. The smallest absolute Gasteiger partial charge is 0.335 e. The molecule has 32 heavy (non-hydrogen) atoms. The number of carbonyl (C=O) groups is 2. The van der Waals surface area contributed by atoms with E-state index in [-0.39, 0.29) is 24.7 Å². The molecule has 10 heteroatoms. The molecule has 0 bridgehead atoms. The summed E-state index contributed by atoms with van der Waals surface area (Å²) in [6.07, 6.45) is 0.581. The number of hydrogen-bond donors (Lipinski definition) is 0. The molecule has 174 valence electrons. The minimum absolute atomic E-state index is 0.0251. The van der Waals surface area contributed by atoms with Crippen molar-refractivity contribution in [1.82, 2.24) is 9.21 Å². The van der Waals surface area contributed by atoms with Gasteiger partial charge in [-0.15, -0.1) is 0 Å². The monoisotopic (exact) mass is 481 g/mol. The summed E-state index contributed by atoms with van der Waals surface area (Å²) in [7, 11) is -3.32. The summed E-state index contributed by atoms with van der Waals surface area (Å²) in [4.78, 5) is 29.9. The first-order valence-corrected chi connectivity index (χ1v) is 12.9. The van der Waals surface area contributed by atoms with Crippen LogP contribution in [0.15, 0.2) is 35.4 Å². The molecule has 2 saturated heterocycles. The van der Waals surface area contributed by atoms with Crippen molar-refractivity contribution in [3.8, 4) is 0 Å². The van der Waals surface area contributed by atoms with Crippen LogP contribution in [-0.4, -0.2) is 80.1 Å². The second kappa shape index (κ2) is 8.68. The summed E-state index contributed by atoms with van der Waals surface area (Å²) in [5.41, 5.74) is 0.703. The van der Waals surface area contributed by atoms with Gasteiger partial charge >= 0.3 is 5.97 Å². The Morgan fingerprint density at radius 2 is 1.78 bits per heavy atom. The van der Waals surface area contributed by atoms with Gasteiger partial charge in [0.15, 0.2) is 0 Å². The lowest BCUT2D eigenvalue weighted by Gasteiger charge is -2.41. The third kappa shape index (κ3) is 4.13. The fourth-order valence-corrected chi connectivity index (χ4v) is 6.05. The van der Waals surface area contributed by atoms with Gasteiger partial charge in [-0.3, -0.25) is 4.79 Å². The van der Waals surface area contributed by atoms with E-state index in [1.54, 1.807) is 18.7 Å². The first-order chi connectivity index (χ1) is 15.2. The Balaban J connectivity index is 1.48. The number of halogens is 1. The number of piperazine rings is 1. The van der Waals surface area contributed by atoms with Crippen molar-refractivity contribution in [3.63, 3.8) is 0 Å². The lowest BCUT2D eigenvalue weighted by atomic mass is 9.83. The van der Waals surface area contributed by atoms with E-state index >= 15 is 0 Å². The molecule has 3 heterocycles. The minimum atomic E-state index is -3.32. The third-order valence-corrected chi connectivity index (χ3v) is 8.78. The highest BCUT2D eigenvalue weighted by molar-refractivity contribution is 7.89. The molecule has 0 atom stereocenters. The van der Waals surface area contributed by atoms with Gasteiger partial charge in [-0.2, -0.15) is 0 Å². The van der Waals surface area contributed by atoms with Crippen molar-refractivity contribution in [2.45, 2.75) is 32.3 Å². The van der Waals surface area contributed by atoms with Gasteiger partial charge < -0.3 is 14.5 Å². The summed E-state index contributed by atoms with van der Waals surface area (Å²) in [5, 5.41) is 0.668. The molecule has 8 nitrogen and oxygen atoms in total. The molecule has 0 N–H and O–H groups in total. The van der Waals surface area contributed by atoms with E-state index in [0.29, 0.717) is 55.2 Å². The number of rotatable bonds is 4. The molecule has 3 aliphatic rings. The number of anilines is 1. The quantitative estimate of drug-likeness (QED) is 0.612. The van der Waals surface area contributed by atoms with E-state index in [9.17, 15) is 18.0 Å². The van der Waals surface area contributed by atoms with Gasteiger partial charge in [0.25, 0.3) is 5.91 Å². The molecular weight excluding hydrogens is 454 g/mol. The van der Waals surface area contributed by atoms with Crippen LogP contribution in [0.1, 0.15) is 26.7 Å². The first-order valence-electron chi connectivity index (χ1n) is 10.9. The fraction of sp³-hybridized carbons (Fsp3) is 0.545. The largest absolute Gasteiger partial charge is 0.450 e. The zero-order chi connectivity index (χ0) is 23.1. The molecule has 1 amide bonds. The number of ether oxygens (including phenoxy) is 1. The molecule has 0 saturated carbocycles. The maximum absolute atomic E-state index is 13.5. The minimum Gasteiger partial charge on any atom is -0.450 e. The molecule has 0 radical (unpaired) electrons. The van der Waals surface area contributed by atoms with Crippen LogP contribution in [-0.2, 0) is 24.3 Å². The lowest BCUT2D eigenvalue weighted by Crippen LogP contribution is -2.54. The molecule has 0 aromatic heterocycles. The lowest BCUT2D eigenvalue weighted by molar-refractivity contribution is -0.150. The van der Waals surface area contributed by atoms with E-state index in [4.69, 9.17) is 16.3 Å². The van der Waals surface area contributed by atoms with Crippen LogP contribution in [0.2, 0.25) is 5.02 Å². The molecule has 0 aliphatic carbocycles. The van der Waals surface area contributed by atoms with Crippen molar-refractivity contribution in [3.05, 3.63) is 40.4 Å². The SMILES string of the molecule is CCS(=O)(=O)N1CCC2(CC1)OC(=O)C(C)=C2C(=O)N1CCN(c2cccc(Cl)c2)CC1. The van der Waals surface area contributed by atoms with E-state index in [1.807, 2.05) is 24.3 Å². The number of amides is 1. The van der Waals surface area contributed by atoms with Gasteiger partial charge in [0.05, 0.1) is 11.3 Å². The van der Waals surface area contributed by atoms with Gasteiger partial charge in [-0.1, -0.05) is 17.7 Å². The molecule has 1 aromatic carbocycles. The summed E-state index contributed by atoms with van der Waals surface area (Å²) in [6.45, 7) is 6.04. The highest BCUT2D eigenvalue weighted by Gasteiger charge is 2.52. The van der Waals surface area contributed by atoms with Crippen LogP contribution in [0, 0.1) is 0 Å². The van der Waals surface area contributed by atoms with Crippen molar-refractivity contribution in [2.24, 2.45) is 0 Å². The second-order valence-corrected chi connectivity index (χ2v) is 11.1. The number of esters is 1. The Morgan fingerprint density at radius 3 is 2.38 bits per heavy atom. The van der Waals surface area contributed by atoms with Crippen LogP contribution in [0.3, 0.4) is 0 Å². The first kappa shape index (κ1) is 23.1. The Bertz CT molecular complexity index is 1060. The Hall–Kier alpha value is -2.10. The summed E-state index contributed by atoms with van der Waals surface area (Å²) < 4.78 is 31.6. The van der Waals surface area contributed by atoms with Gasteiger partial charge in [0.2, 0.25) is 10.0 Å².